The second-order valence-corrected chi connectivity index (χ2v) is 6.94. The van der Waals surface area contributed by atoms with E-state index in [0.29, 0.717) is 6.54 Å². The maximum Gasteiger partial charge on any atom is 0.410 e. The molecule has 1 saturated carbocycles. The van der Waals surface area contributed by atoms with Crippen molar-refractivity contribution in [2.24, 2.45) is 5.92 Å². The molecule has 1 heterocycles. The summed E-state index contributed by atoms with van der Waals surface area (Å²) in [4.78, 5) is 13.9. The molecule has 0 spiro atoms. The lowest BCUT2D eigenvalue weighted by Gasteiger charge is -2.29. The molecular formula is C15H27NO3. The summed E-state index contributed by atoms with van der Waals surface area (Å²) >= 11 is 0. The molecule has 0 radical (unpaired) electrons. The zero-order valence-corrected chi connectivity index (χ0v) is 12.7. The van der Waals surface area contributed by atoms with E-state index in [4.69, 9.17) is 9.47 Å². The number of nitrogens with zero attached hydrogens (tertiary/aromatic N) is 1. The van der Waals surface area contributed by atoms with Gasteiger partial charge in [0.15, 0.2) is 0 Å². The Morgan fingerprint density at radius 2 is 2.05 bits per heavy atom. The van der Waals surface area contributed by atoms with Crippen molar-refractivity contribution >= 4 is 6.09 Å². The molecule has 4 heteroatoms. The summed E-state index contributed by atoms with van der Waals surface area (Å²) in [6.45, 7) is 10.1. The molecule has 1 saturated heterocycles. The first-order chi connectivity index (χ1) is 8.84. The minimum Gasteiger partial charge on any atom is -0.444 e. The third-order valence-electron chi connectivity index (χ3n) is 3.93. The average molecular weight is 269 g/mol. The van der Waals surface area contributed by atoms with Crippen LogP contribution in [0, 0.1) is 5.92 Å². The van der Waals surface area contributed by atoms with Crippen LogP contribution in [0.2, 0.25) is 0 Å². The van der Waals surface area contributed by atoms with E-state index in [1.54, 1.807) is 4.90 Å². The van der Waals surface area contributed by atoms with Crippen LogP contribution in [0.5, 0.6) is 0 Å². The van der Waals surface area contributed by atoms with Crippen LogP contribution in [0.1, 0.15) is 53.4 Å². The van der Waals surface area contributed by atoms with E-state index in [2.05, 4.69) is 6.92 Å². The molecular weight excluding hydrogens is 242 g/mol. The van der Waals surface area contributed by atoms with Gasteiger partial charge < -0.3 is 14.4 Å². The van der Waals surface area contributed by atoms with Gasteiger partial charge in [-0.2, -0.15) is 0 Å². The van der Waals surface area contributed by atoms with Gasteiger partial charge in [-0.25, -0.2) is 4.79 Å². The van der Waals surface area contributed by atoms with Gasteiger partial charge in [0.1, 0.15) is 5.60 Å². The zero-order valence-electron chi connectivity index (χ0n) is 12.7. The van der Waals surface area contributed by atoms with Crippen molar-refractivity contribution in [3.63, 3.8) is 0 Å². The highest BCUT2D eigenvalue weighted by molar-refractivity contribution is 5.68. The fraction of sp³-hybridized carbons (Fsp3) is 0.933. The second-order valence-electron chi connectivity index (χ2n) is 6.94. The quantitative estimate of drug-likeness (QED) is 0.786. The Kier molecular flexibility index (Phi) is 4.09. The minimum atomic E-state index is -0.427. The predicted molar refractivity (Wildman–Crippen MR) is 74.1 cm³/mol. The number of amides is 1. The van der Waals surface area contributed by atoms with E-state index in [0.717, 1.165) is 31.9 Å². The van der Waals surface area contributed by atoms with Crippen LogP contribution in [0.4, 0.5) is 4.79 Å². The predicted octanol–water partition coefficient (Wildman–Crippen LogP) is 3.20. The molecule has 1 amide bonds. The highest BCUT2D eigenvalue weighted by Gasteiger charge is 2.41. The van der Waals surface area contributed by atoms with Crippen LogP contribution in [-0.2, 0) is 9.47 Å². The van der Waals surface area contributed by atoms with Crippen LogP contribution in [-0.4, -0.2) is 41.9 Å². The Morgan fingerprint density at radius 3 is 2.58 bits per heavy atom. The Balaban J connectivity index is 1.86. The van der Waals surface area contributed by atoms with Gasteiger partial charge in [-0.15, -0.1) is 0 Å². The number of likely N-dealkylation sites (tertiary alicyclic amines) is 1. The zero-order chi connectivity index (χ0) is 14.1. The number of hydrogen-bond donors (Lipinski definition) is 0. The summed E-state index contributed by atoms with van der Waals surface area (Å²) in [6.07, 6.45) is 4.28. The van der Waals surface area contributed by atoms with Crippen molar-refractivity contribution in [1.29, 1.82) is 0 Å². The van der Waals surface area contributed by atoms with Gasteiger partial charge in [0.25, 0.3) is 0 Å². The van der Waals surface area contributed by atoms with Gasteiger partial charge in [0.2, 0.25) is 0 Å². The summed E-state index contributed by atoms with van der Waals surface area (Å²) < 4.78 is 11.6. The summed E-state index contributed by atoms with van der Waals surface area (Å²) in [5.41, 5.74) is -0.567. The van der Waals surface area contributed by atoms with E-state index in [1.165, 1.54) is 12.8 Å². The van der Waals surface area contributed by atoms with Crippen molar-refractivity contribution in [2.45, 2.75) is 64.6 Å². The Morgan fingerprint density at radius 1 is 1.37 bits per heavy atom. The summed E-state index contributed by atoms with van der Waals surface area (Å²) in [5.74, 6) is 0.763. The van der Waals surface area contributed by atoms with Gasteiger partial charge in [0, 0.05) is 6.54 Å². The first-order valence-electron chi connectivity index (χ1n) is 7.45. The van der Waals surface area contributed by atoms with Crippen molar-refractivity contribution in [3.05, 3.63) is 0 Å². The molecule has 0 bridgehead atoms. The van der Waals surface area contributed by atoms with Gasteiger partial charge >= 0.3 is 6.09 Å². The van der Waals surface area contributed by atoms with E-state index in [1.807, 2.05) is 20.8 Å². The molecule has 2 rings (SSSR count). The first-order valence-corrected chi connectivity index (χ1v) is 7.45. The molecule has 4 nitrogen and oxygen atoms in total. The molecule has 1 aliphatic carbocycles. The first kappa shape index (κ1) is 14.6. The molecule has 0 aromatic rings. The lowest BCUT2D eigenvalue weighted by Crippen LogP contribution is -2.40. The van der Waals surface area contributed by atoms with E-state index < -0.39 is 5.60 Å². The van der Waals surface area contributed by atoms with Crippen molar-refractivity contribution in [2.75, 3.05) is 19.7 Å². The molecule has 1 unspecified atom stereocenters. The lowest BCUT2D eigenvalue weighted by molar-refractivity contribution is -0.0471. The van der Waals surface area contributed by atoms with Crippen molar-refractivity contribution < 1.29 is 14.3 Å². The van der Waals surface area contributed by atoms with Crippen LogP contribution in [0.15, 0.2) is 0 Å². The van der Waals surface area contributed by atoms with Gasteiger partial charge in [0.05, 0.1) is 18.8 Å². The normalized spacial score (nSPS) is 27.7. The summed E-state index contributed by atoms with van der Waals surface area (Å²) in [6, 6.07) is 0. The molecule has 1 aliphatic heterocycles. The molecule has 110 valence electrons. The Bertz CT molecular complexity index is 333. The highest BCUT2D eigenvalue weighted by Crippen LogP contribution is 2.35. The largest absolute Gasteiger partial charge is 0.444 e. The summed E-state index contributed by atoms with van der Waals surface area (Å²) in [7, 11) is 0. The third kappa shape index (κ3) is 4.10. The summed E-state index contributed by atoms with van der Waals surface area (Å²) in [5, 5.41) is 0. The Hall–Kier alpha value is -0.770. The highest BCUT2D eigenvalue weighted by atomic mass is 16.6. The van der Waals surface area contributed by atoms with Crippen LogP contribution in [0.25, 0.3) is 0 Å². The monoisotopic (exact) mass is 269 g/mol. The number of carbonyl (C=O) groups is 1. The molecule has 0 aromatic heterocycles. The smallest absolute Gasteiger partial charge is 0.410 e. The average Bonchev–Trinajstić information content (AvgIpc) is 3.04. The fourth-order valence-corrected chi connectivity index (χ4v) is 2.41. The van der Waals surface area contributed by atoms with Crippen molar-refractivity contribution in [1.82, 2.24) is 4.90 Å². The lowest BCUT2D eigenvalue weighted by atomic mass is 10.00. The molecule has 2 aliphatic rings. The van der Waals surface area contributed by atoms with E-state index in [9.17, 15) is 4.79 Å². The molecule has 2 fully saturated rings. The minimum absolute atomic E-state index is 0.139. The molecule has 0 aromatic carbocycles. The molecule has 1 atom stereocenters. The molecule has 0 N–H and O–H groups in total. The second kappa shape index (κ2) is 5.31. The van der Waals surface area contributed by atoms with Gasteiger partial charge in [-0.1, -0.05) is 6.92 Å². The number of carbonyl (C=O) groups excluding carboxylic acids is 1. The van der Waals surface area contributed by atoms with Crippen molar-refractivity contribution in [3.8, 4) is 0 Å². The van der Waals surface area contributed by atoms with Crippen LogP contribution in [0.3, 0.4) is 0 Å². The van der Waals surface area contributed by atoms with Gasteiger partial charge in [-0.3, -0.25) is 0 Å². The van der Waals surface area contributed by atoms with Crippen LogP contribution >= 0.6 is 0 Å². The van der Waals surface area contributed by atoms with Gasteiger partial charge in [-0.05, 0) is 52.4 Å². The maximum absolute atomic E-state index is 12.1. The maximum atomic E-state index is 12.1. The SMILES string of the molecule is CCC1(OCC2CC2)CCN(C(=O)OC(C)(C)C)C1. The number of hydrogen-bond acceptors (Lipinski definition) is 3. The number of ether oxygens (including phenoxy) is 2. The third-order valence-corrected chi connectivity index (χ3v) is 3.93. The van der Waals surface area contributed by atoms with Crippen LogP contribution < -0.4 is 0 Å². The number of rotatable bonds is 4. The fourth-order valence-electron chi connectivity index (χ4n) is 2.41. The van der Waals surface area contributed by atoms with E-state index >= 15 is 0 Å². The van der Waals surface area contributed by atoms with E-state index in [-0.39, 0.29) is 11.7 Å². The Labute approximate surface area is 116 Å². The topological polar surface area (TPSA) is 38.8 Å². The molecule has 19 heavy (non-hydrogen) atoms. The standard InChI is InChI=1S/C15H27NO3/c1-5-15(18-10-12-6-7-12)8-9-16(11-15)13(17)19-14(2,3)4/h12H,5-11H2,1-4H3.